The van der Waals surface area contributed by atoms with Crippen molar-refractivity contribution in [3.8, 4) is 17.2 Å². The van der Waals surface area contributed by atoms with Crippen LogP contribution in [-0.2, 0) is 67.3 Å². The molecule has 342 valence electrons. The summed E-state index contributed by atoms with van der Waals surface area (Å²) in [5.41, 5.74) is 4.22. The fourth-order valence-electron chi connectivity index (χ4n) is 5.08. The van der Waals surface area contributed by atoms with Crippen LogP contribution in [0.4, 0.5) is 28.4 Å². The molecule has 26 nitrogen and oxygen atoms in total. The van der Waals surface area contributed by atoms with E-state index in [1.54, 1.807) is 0 Å². The molecule has 66 heavy (non-hydrogen) atoms. The van der Waals surface area contributed by atoms with E-state index in [1.165, 1.54) is 20.1 Å². The number of hydrogen-bond donors (Lipinski definition) is 2. The first-order valence-corrected chi connectivity index (χ1v) is 23.3. The minimum atomic E-state index is -5.46. The number of anilines is 1. The van der Waals surface area contributed by atoms with Gasteiger partial charge in [0.15, 0.2) is 37.7 Å². The van der Waals surface area contributed by atoms with Gasteiger partial charge in [0.2, 0.25) is 10.4 Å². The first-order valence-electron chi connectivity index (χ1n) is 15.8. The van der Waals surface area contributed by atoms with Crippen LogP contribution in [0.5, 0.6) is 17.2 Å². The fraction of sp³-hybridized carbons (Fsp3) is 0.267. The number of phenolic OH excluding ortho intramolecular Hbond substituents is 1. The van der Waals surface area contributed by atoms with Crippen LogP contribution in [0.3, 0.4) is 0 Å². The Morgan fingerprint density at radius 1 is 0.712 bits per heavy atom. The number of aryl methyl sites for hydroxylation is 1. The average molecular weight is 1080 g/mol. The Labute approximate surface area is 475 Å². The molecule has 0 aliphatic rings. The number of nitrogens with two attached hydrogens (primary N) is 1. The summed E-state index contributed by atoms with van der Waals surface area (Å²) in [6.07, 6.45) is 0. The quantitative estimate of drug-likeness (QED) is 0.00849. The van der Waals surface area contributed by atoms with Crippen molar-refractivity contribution >= 4 is 104 Å². The van der Waals surface area contributed by atoms with Crippen molar-refractivity contribution in [3.05, 3.63) is 48.0 Å². The molecule has 36 heteroatoms. The summed E-state index contributed by atoms with van der Waals surface area (Å²) >= 11 is 0.169. The molecule has 0 aliphatic carbocycles. The SMILES string of the molecule is C.COc1cc(S(=O)(=O)CCOS(=O)(=O)[O-])c(C)cc1N=Nc1cc(S(=O)(=O)[O-])c2cc(SOO[O-])c(N=Nc3cc(S(=O)(=O)CCOSOO[O-])ccc3OC)c(O)c2c1N.[Na+].[Na+].[Na+].[Na+]. The zero-order valence-corrected chi connectivity index (χ0v) is 47.7. The smallest absolute Gasteiger partial charge is 0.744 e. The minimum Gasteiger partial charge on any atom is -0.744 e. The van der Waals surface area contributed by atoms with Crippen LogP contribution in [0.2, 0.25) is 0 Å². The molecule has 0 saturated carbocycles. The fourth-order valence-corrected chi connectivity index (χ4v) is 9.42. The molecule has 0 fully saturated rings. The van der Waals surface area contributed by atoms with E-state index < -0.39 is 108 Å². The number of azo groups is 2. The number of aromatic hydroxyl groups is 1. The maximum atomic E-state index is 13.0. The molecule has 0 amide bonds. The molecule has 0 heterocycles. The molecule has 0 spiro atoms. The van der Waals surface area contributed by atoms with Gasteiger partial charge in [-0.25, -0.2) is 33.7 Å². The molecular formula is C30H31N5Na4O21S6. The van der Waals surface area contributed by atoms with Gasteiger partial charge in [-0.05, 0) is 48.9 Å². The van der Waals surface area contributed by atoms with E-state index in [-0.39, 0.29) is 188 Å². The summed E-state index contributed by atoms with van der Waals surface area (Å²) in [6.45, 7) is -0.125. The summed E-state index contributed by atoms with van der Waals surface area (Å²) in [5, 5.41) is 53.4. The van der Waals surface area contributed by atoms with Gasteiger partial charge in [0.05, 0.1) is 81.6 Å². The van der Waals surface area contributed by atoms with Crippen LogP contribution in [0.15, 0.2) is 82.5 Å². The largest absolute Gasteiger partial charge is 1.00 e. The van der Waals surface area contributed by atoms with Gasteiger partial charge in [0, 0.05) is 11.5 Å². The van der Waals surface area contributed by atoms with Crippen molar-refractivity contribution in [2.75, 3.05) is 44.7 Å². The predicted octanol–water partition coefficient (Wildman–Crippen LogP) is -9.10. The summed E-state index contributed by atoms with van der Waals surface area (Å²) < 4.78 is 149. The number of nitrogens with zero attached hydrogens (tertiary/aromatic N) is 4. The first-order chi connectivity index (χ1) is 28.6. The number of phenols is 1. The molecule has 4 aromatic carbocycles. The maximum Gasteiger partial charge on any atom is 1.00 e. The van der Waals surface area contributed by atoms with Crippen molar-refractivity contribution in [3.63, 3.8) is 0 Å². The van der Waals surface area contributed by atoms with Gasteiger partial charge >= 0.3 is 118 Å². The molecular weight excluding hydrogens is 1050 g/mol. The van der Waals surface area contributed by atoms with Gasteiger partial charge in [-0.1, -0.05) is 7.43 Å². The molecule has 0 aliphatic heterocycles. The molecule has 0 saturated heterocycles. The number of rotatable bonds is 22. The van der Waals surface area contributed by atoms with E-state index in [0.717, 1.165) is 37.4 Å². The van der Waals surface area contributed by atoms with Crippen molar-refractivity contribution in [2.45, 2.75) is 33.9 Å². The van der Waals surface area contributed by atoms with E-state index in [4.69, 9.17) is 19.4 Å². The van der Waals surface area contributed by atoms with Crippen molar-refractivity contribution in [1.29, 1.82) is 0 Å². The van der Waals surface area contributed by atoms with Gasteiger partial charge in [0.1, 0.15) is 44.4 Å². The number of benzene rings is 4. The van der Waals surface area contributed by atoms with Crippen LogP contribution in [0.1, 0.15) is 13.0 Å². The zero-order valence-electron chi connectivity index (χ0n) is 34.8. The molecule has 4 rings (SSSR count). The molecule has 0 aromatic heterocycles. The Balaban J connectivity index is 0. The molecule has 0 radical (unpaired) electrons. The third-order valence-electron chi connectivity index (χ3n) is 7.70. The second-order valence-corrected chi connectivity index (χ2v) is 19.2. The van der Waals surface area contributed by atoms with Crippen LogP contribution in [-0.4, -0.2) is 86.8 Å². The summed E-state index contributed by atoms with van der Waals surface area (Å²) in [4.78, 5) is -2.13. The van der Waals surface area contributed by atoms with Crippen molar-refractivity contribution < 1.29 is 213 Å². The average Bonchev–Trinajstić information content (AvgIpc) is 3.17. The maximum absolute atomic E-state index is 13.0. The van der Waals surface area contributed by atoms with E-state index >= 15 is 0 Å². The second kappa shape index (κ2) is 29.9. The van der Waals surface area contributed by atoms with E-state index in [1.807, 2.05) is 0 Å². The number of ether oxygens (including phenoxy) is 2. The third kappa shape index (κ3) is 18.4. The molecule has 4 aromatic rings. The third-order valence-corrected chi connectivity index (χ3v) is 13.5. The summed E-state index contributed by atoms with van der Waals surface area (Å²) in [7, 11) is -16.7. The normalized spacial score (nSPS) is 11.9. The standard InChI is InChI=1S/C29H31N5O21S6.CH4.4Na/c1-15-10-18(22(49-3)14-24(15)59(40,41)9-7-51-61(45,46)47)31-33-20-13-25(60(42,43)44)17-12-23(56-54-52-36)28(29(35)26(17)27(20)30)34-32-19-11-16(4-5-21(19)48-2)58(38,39)8-6-50-57-55-53-37;;;;;/h4-5,10-14,35-37H,6-9,30H2,1-3H3,(H,42,43,44)(H,45,46,47);1H4;;;;/q;;4*+1/p-4. The topological polar surface area (TPSA) is 398 Å². The van der Waals surface area contributed by atoms with Crippen molar-refractivity contribution in [1.82, 2.24) is 0 Å². The summed E-state index contributed by atoms with van der Waals surface area (Å²) in [6, 6.07) is 7.14. The van der Waals surface area contributed by atoms with E-state index in [0.29, 0.717) is 6.07 Å². The number of fused-ring (bicyclic) bond motifs is 1. The zero-order chi connectivity index (χ0) is 45.3. The second-order valence-electron chi connectivity index (χ2n) is 11.4. The summed E-state index contributed by atoms with van der Waals surface area (Å²) in [5.74, 6) is -2.82. The Kier molecular flexibility index (Phi) is 30.6. The Morgan fingerprint density at radius 2 is 1.29 bits per heavy atom. The van der Waals surface area contributed by atoms with Gasteiger partial charge in [0.25, 0.3) is 0 Å². The van der Waals surface area contributed by atoms with E-state index in [2.05, 4.69) is 43.4 Å². The molecule has 3 N–H and O–H groups in total. The molecule has 0 bridgehead atoms. The van der Waals surface area contributed by atoms with Crippen LogP contribution < -0.4 is 144 Å². The Bertz CT molecular complexity index is 2810. The number of nitrogen functional groups attached to an aromatic ring is 1. The van der Waals surface area contributed by atoms with Crippen LogP contribution >= 0.6 is 24.4 Å². The van der Waals surface area contributed by atoms with Crippen molar-refractivity contribution in [2.24, 2.45) is 20.5 Å². The first kappa shape index (κ1) is 67.7. The molecule has 0 atom stereocenters. The van der Waals surface area contributed by atoms with Crippen LogP contribution in [0.25, 0.3) is 10.8 Å². The van der Waals surface area contributed by atoms with Gasteiger partial charge in [-0.2, -0.15) is 4.33 Å². The minimum absolute atomic E-state index is 0. The van der Waals surface area contributed by atoms with E-state index in [9.17, 15) is 58.4 Å². The monoisotopic (exact) mass is 1080 g/mol. The number of hydrogen-bond acceptors (Lipinski definition) is 28. The van der Waals surface area contributed by atoms with Crippen LogP contribution in [0, 0.1) is 6.92 Å². The Morgan fingerprint density at radius 3 is 1.86 bits per heavy atom. The molecule has 0 unspecified atom stereocenters. The van der Waals surface area contributed by atoms with Gasteiger partial charge < -0.3 is 39.9 Å². The Hall–Kier alpha value is -0.360. The van der Waals surface area contributed by atoms with Gasteiger partial charge in [-0.3, -0.25) is 18.4 Å². The predicted molar refractivity (Wildman–Crippen MR) is 207 cm³/mol. The number of sulfone groups is 2. The van der Waals surface area contributed by atoms with Gasteiger partial charge in [-0.15, -0.1) is 24.8 Å². The number of methoxy groups -OCH3 is 2.